The summed E-state index contributed by atoms with van der Waals surface area (Å²) >= 11 is 0. The number of piperidine rings is 1. The SMILES string of the molecule is NC1(Cc2ccccc2OC(F)(F)F)CCNCC1. The van der Waals surface area contributed by atoms with Gasteiger partial charge in [0.05, 0.1) is 0 Å². The third kappa shape index (κ3) is 4.11. The van der Waals surface area contributed by atoms with Gasteiger partial charge in [0.2, 0.25) is 0 Å². The van der Waals surface area contributed by atoms with Crippen LogP contribution in [0.3, 0.4) is 0 Å². The molecular weight excluding hydrogens is 257 g/mol. The Labute approximate surface area is 109 Å². The fraction of sp³-hybridized carbons (Fsp3) is 0.538. The van der Waals surface area contributed by atoms with Gasteiger partial charge in [0.15, 0.2) is 0 Å². The topological polar surface area (TPSA) is 47.3 Å². The number of alkyl halides is 3. The number of nitrogens with two attached hydrogens (primary N) is 1. The zero-order valence-electron chi connectivity index (χ0n) is 10.5. The third-order valence-electron chi connectivity index (χ3n) is 3.34. The average molecular weight is 274 g/mol. The van der Waals surface area contributed by atoms with Crippen LogP contribution >= 0.6 is 0 Å². The van der Waals surface area contributed by atoms with Crippen LogP contribution < -0.4 is 15.8 Å². The van der Waals surface area contributed by atoms with E-state index in [-0.39, 0.29) is 5.75 Å². The van der Waals surface area contributed by atoms with Gasteiger partial charge in [0.1, 0.15) is 5.75 Å². The molecule has 106 valence electrons. The monoisotopic (exact) mass is 274 g/mol. The molecule has 19 heavy (non-hydrogen) atoms. The molecule has 1 aliphatic rings. The minimum absolute atomic E-state index is 0.154. The van der Waals surface area contributed by atoms with Gasteiger partial charge in [-0.25, -0.2) is 0 Å². The van der Waals surface area contributed by atoms with E-state index in [0.29, 0.717) is 12.0 Å². The molecule has 3 N–H and O–H groups in total. The van der Waals surface area contributed by atoms with Gasteiger partial charge in [-0.2, -0.15) is 0 Å². The highest BCUT2D eigenvalue weighted by molar-refractivity contribution is 5.35. The van der Waals surface area contributed by atoms with Crippen LogP contribution in [-0.2, 0) is 6.42 Å². The molecule has 3 nitrogen and oxygen atoms in total. The maximum atomic E-state index is 12.3. The van der Waals surface area contributed by atoms with E-state index < -0.39 is 11.9 Å². The van der Waals surface area contributed by atoms with Crippen LogP contribution in [0.5, 0.6) is 5.75 Å². The van der Waals surface area contributed by atoms with Gasteiger partial charge >= 0.3 is 6.36 Å². The summed E-state index contributed by atoms with van der Waals surface area (Å²) in [6.07, 6.45) is -2.80. The van der Waals surface area contributed by atoms with Gasteiger partial charge in [0, 0.05) is 5.54 Å². The summed E-state index contributed by atoms with van der Waals surface area (Å²) < 4.78 is 41.0. The molecule has 0 amide bonds. The van der Waals surface area contributed by atoms with Gasteiger partial charge in [-0.05, 0) is 44.0 Å². The third-order valence-corrected chi connectivity index (χ3v) is 3.34. The van der Waals surface area contributed by atoms with Crippen molar-refractivity contribution < 1.29 is 17.9 Å². The van der Waals surface area contributed by atoms with E-state index in [1.54, 1.807) is 12.1 Å². The first-order valence-electron chi connectivity index (χ1n) is 6.21. The highest BCUT2D eigenvalue weighted by Crippen LogP contribution is 2.30. The van der Waals surface area contributed by atoms with Crippen molar-refractivity contribution in [3.05, 3.63) is 29.8 Å². The van der Waals surface area contributed by atoms with Crippen molar-refractivity contribution >= 4 is 0 Å². The summed E-state index contributed by atoms with van der Waals surface area (Å²) in [6, 6.07) is 6.18. The Bertz CT molecular complexity index is 428. The normalized spacial score (nSPS) is 19.2. The van der Waals surface area contributed by atoms with Crippen molar-refractivity contribution in [2.75, 3.05) is 13.1 Å². The summed E-state index contributed by atoms with van der Waals surface area (Å²) in [5.74, 6) is -0.154. The molecule has 0 atom stereocenters. The van der Waals surface area contributed by atoms with Crippen LogP contribution in [0.4, 0.5) is 13.2 Å². The predicted octanol–water partition coefficient (Wildman–Crippen LogP) is 2.21. The Kier molecular flexibility index (Phi) is 4.01. The minimum atomic E-state index is -4.67. The lowest BCUT2D eigenvalue weighted by atomic mass is 9.83. The molecule has 0 bridgehead atoms. The molecule has 0 radical (unpaired) electrons. The maximum absolute atomic E-state index is 12.3. The smallest absolute Gasteiger partial charge is 0.406 e. The second kappa shape index (κ2) is 5.38. The van der Waals surface area contributed by atoms with Gasteiger partial charge in [0.25, 0.3) is 0 Å². The lowest BCUT2D eigenvalue weighted by molar-refractivity contribution is -0.274. The van der Waals surface area contributed by atoms with Crippen molar-refractivity contribution in [2.45, 2.75) is 31.2 Å². The summed E-state index contributed by atoms with van der Waals surface area (Å²) in [6.45, 7) is 1.58. The number of rotatable bonds is 3. The first-order valence-corrected chi connectivity index (χ1v) is 6.21. The maximum Gasteiger partial charge on any atom is 0.573 e. The Morgan fingerprint density at radius 2 is 1.84 bits per heavy atom. The van der Waals surface area contributed by atoms with Crippen LogP contribution in [0.15, 0.2) is 24.3 Å². The summed E-state index contributed by atoms with van der Waals surface area (Å²) in [5.41, 5.74) is 6.29. The number of hydrogen-bond donors (Lipinski definition) is 2. The quantitative estimate of drug-likeness (QED) is 0.888. The molecule has 0 saturated carbocycles. The Hall–Kier alpha value is -1.27. The lowest BCUT2D eigenvalue weighted by Crippen LogP contribution is -2.50. The Morgan fingerprint density at radius 3 is 2.47 bits per heavy atom. The molecule has 1 aromatic rings. The molecular formula is C13H17F3N2O. The highest BCUT2D eigenvalue weighted by Gasteiger charge is 2.34. The fourth-order valence-corrected chi connectivity index (χ4v) is 2.35. The number of ether oxygens (including phenoxy) is 1. The molecule has 1 heterocycles. The van der Waals surface area contributed by atoms with E-state index in [0.717, 1.165) is 25.9 Å². The number of halogens is 3. The molecule has 1 saturated heterocycles. The number of nitrogens with one attached hydrogen (secondary N) is 1. The van der Waals surface area contributed by atoms with Gasteiger partial charge in [-0.1, -0.05) is 18.2 Å². The molecule has 6 heteroatoms. The molecule has 0 unspecified atom stereocenters. The average Bonchev–Trinajstić information content (AvgIpc) is 2.30. The minimum Gasteiger partial charge on any atom is -0.406 e. The number of benzene rings is 1. The van der Waals surface area contributed by atoms with Crippen molar-refractivity contribution in [3.63, 3.8) is 0 Å². The van der Waals surface area contributed by atoms with Crippen LogP contribution in [0.25, 0.3) is 0 Å². The van der Waals surface area contributed by atoms with Crippen LogP contribution in [-0.4, -0.2) is 25.0 Å². The lowest BCUT2D eigenvalue weighted by Gasteiger charge is -2.34. The van der Waals surface area contributed by atoms with Gasteiger partial charge < -0.3 is 15.8 Å². The largest absolute Gasteiger partial charge is 0.573 e. The molecule has 1 fully saturated rings. The zero-order valence-corrected chi connectivity index (χ0v) is 10.5. The zero-order chi connectivity index (χ0) is 13.9. The first-order chi connectivity index (χ1) is 8.88. The first kappa shape index (κ1) is 14.1. The second-order valence-electron chi connectivity index (χ2n) is 4.94. The second-order valence-corrected chi connectivity index (χ2v) is 4.94. The molecule has 0 aliphatic carbocycles. The van der Waals surface area contributed by atoms with E-state index in [4.69, 9.17) is 5.73 Å². The van der Waals surface area contributed by atoms with Crippen LogP contribution in [0, 0.1) is 0 Å². The molecule has 0 spiro atoms. The molecule has 1 aromatic carbocycles. The van der Waals surface area contributed by atoms with Gasteiger partial charge in [-0.15, -0.1) is 13.2 Å². The standard InChI is InChI=1S/C13H17F3N2O/c14-13(15,16)19-11-4-2-1-3-10(11)9-12(17)5-7-18-8-6-12/h1-4,18H,5-9,17H2. The fourth-order valence-electron chi connectivity index (χ4n) is 2.35. The van der Waals surface area contributed by atoms with E-state index in [9.17, 15) is 13.2 Å². The van der Waals surface area contributed by atoms with E-state index in [2.05, 4.69) is 10.1 Å². The molecule has 1 aliphatic heterocycles. The van der Waals surface area contributed by atoms with Crippen molar-refractivity contribution in [1.82, 2.24) is 5.32 Å². The number of hydrogen-bond acceptors (Lipinski definition) is 3. The van der Waals surface area contributed by atoms with Crippen molar-refractivity contribution in [1.29, 1.82) is 0 Å². The predicted molar refractivity (Wildman–Crippen MR) is 65.9 cm³/mol. The van der Waals surface area contributed by atoms with E-state index in [1.807, 2.05) is 0 Å². The van der Waals surface area contributed by atoms with Gasteiger partial charge in [-0.3, -0.25) is 0 Å². The summed E-state index contributed by atoms with van der Waals surface area (Å²) in [5, 5.41) is 3.19. The Balaban J connectivity index is 2.15. The molecule has 2 rings (SSSR count). The number of para-hydroxylation sites is 1. The summed E-state index contributed by atoms with van der Waals surface area (Å²) in [7, 11) is 0. The van der Waals surface area contributed by atoms with E-state index in [1.165, 1.54) is 12.1 Å². The van der Waals surface area contributed by atoms with Crippen LogP contribution in [0.1, 0.15) is 18.4 Å². The summed E-state index contributed by atoms with van der Waals surface area (Å²) in [4.78, 5) is 0. The van der Waals surface area contributed by atoms with Crippen molar-refractivity contribution in [2.24, 2.45) is 5.73 Å². The molecule has 0 aromatic heterocycles. The van der Waals surface area contributed by atoms with Crippen molar-refractivity contribution in [3.8, 4) is 5.75 Å². The highest BCUT2D eigenvalue weighted by atomic mass is 19.4. The van der Waals surface area contributed by atoms with Crippen LogP contribution in [0.2, 0.25) is 0 Å². The van der Waals surface area contributed by atoms with E-state index >= 15 is 0 Å². The Morgan fingerprint density at radius 1 is 1.21 bits per heavy atom.